The third-order valence-electron chi connectivity index (χ3n) is 0. The second kappa shape index (κ2) is 16.6. The molecule has 0 saturated carbocycles. The van der Waals surface area contributed by atoms with Crippen LogP contribution in [0.3, 0.4) is 0 Å². The Bertz CT molecular complexity index is 8.00. The smallest absolute Gasteiger partial charge is 0 e. The fraction of sp³-hybridized carbons (Fsp3) is 0. The summed E-state index contributed by atoms with van der Waals surface area (Å²) in [7, 11) is 0. The van der Waals surface area contributed by atoms with Crippen molar-refractivity contribution in [1.82, 2.24) is 0 Å². The zero-order valence-electron chi connectivity index (χ0n) is 1.49. The molecule has 0 atom stereocenters. The monoisotopic (exact) mass is 223 g/mol. The summed E-state index contributed by atoms with van der Waals surface area (Å²) in [5, 5.41) is 0. The Morgan fingerprint density at radius 1 is 1.00 bits per heavy atom. The first-order chi connectivity index (χ1) is 0. The van der Waals surface area contributed by atoms with Crippen LogP contribution >= 0.6 is 0 Å². The first kappa shape index (κ1) is 27.9. The van der Waals surface area contributed by atoms with E-state index in [0.29, 0.717) is 0 Å². The summed E-state index contributed by atoms with van der Waals surface area (Å²) in [6, 6.07) is 0. The summed E-state index contributed by atoms with van der Waals surface area (Å²) < 4.78 is 0. The average Bonchev–Trinajstić information content (AvgIpc) is 0. The van der Waals surface area contributed by atoms with E-state index < -0.39 is 0 Å². The molecule has 0 heterocycles. The molecule has 0 fully saturated rings. The molecule has 0 aromatic rings. The molecule has 0 aliphatic carbocycles. The van der Waals surface area contributed by atoms with Crippen molar-refractivity contribution < 1.29 is 75.3 Å². The van der Waals surface area contributed by atoms with Crippen LogP contribution in [0, 0.1) is 0 Å². The molecule has 4 heteroatoms. The largest absolute Gasteiger partial charge is 0.187 e. The normalized spacial score (nSPS) is 0. The van der Waals surface area contributed by atoms with Gasteiger partial charge in [-0.25, -0.2) is 0 Å². The zero-order valence-corrected chi connectivity index (χ0v) is 7.17. The van der Waals surface area contributed by atoms with Crippen LogP contribution in [0.25, 0.3) is 0 Å². The van der Waals surface area contributed by atoms with Crippen molar-refractivity contribution in [2.24, 2.45) is 0 Å². The molecular formula is H3AlCoScY. The van der Waals surface area contributed by atoms with Crippen LogP contribution in [0.2, 0.25) is 0 Å². The Labute approximate surface area is 90.9 Å². The number of hydrogen-bond donors (Lipinski definition) is 0. The second-order valence-electron chi connectivity index (χ2n) is 0. The van der Waals surface area contributed by atoms with Crippen molar-refractivity contribution in [2.45, 2.75) is 0 Å². The van der Waals surface area contributed by atoms with Crippen LogP contribution in [0.5, 0.6) is 0 Å². The van der Waals surface area contributed by atoms with Gasteiger partial charge in [-0.15, -0.1) is 0 Å². The predicted octanol–water partition coefficient (Wildman–Crippen LogP) is -1.19. The summed E-state index contributed by atoms with van der Waals surface area (Å²) in [5.41, 5.74) is 0. The maximum Gasteiger partial charge on any atom is 0.187 e. The summed E-state index contributed by atoms with van der Waals surface area (Å²) in [6.07, 6.45) is 0. The average molecular weight is 223 g/mol. The molecule has 0 rings (SSSR count). The van der Waals surface area contributed by atoms with E-state index in [9.17, 15) is 0 Å². The number of hydrogen-bond acceptors (Lipinski definition) is 0. The molecule has 21 valence electrons. The van der Waals surface area contributed by atoms with Crippen LogP contribution in [0.1, 0.15) is 0 Å². The van der Waals surface area contributed by atoms with E-state index >= 15 is 0 Å². The Morgan fingerprint density at radius 2 is 1.00 bits per heavy atom. The molecule has 4 heavy (non-hydrogen) atoms. The van der Waals surface area contributed by atoms with E-state index in [0.717, 1.165) is 0 Å². The first-order valence-corrected chi connectivity index (χ1v) is 0. The van der Waals surface area contributed by atoms with Crippen LogP contribution in [0.4, 0.5) is 0 Å². The van der Waals surface area contributed by atoms with Crippen LogP contribution < -0.4 is 0 Å². The van der Waals surface area contributed by atoms with Crippen molar-refractivity contribution in [3.8, 4) is 0 Å². The van der Waals surface area contributed by atoms with Gasteiger partial charge in [0.2, 0.25) is 0 Å². The minimum Gasteiger partial charge on any atom is 0 e. The van der Waals surface area contributed by atoms with E-state index in [-0.39, 0.29) is 92.7 Å². The van der Waals surface area contributed by atoms with Crippen molar-refractivity contribution in [2.75, 3.05) is 0 Å². The van der Waals surface area contributed by atoms with E-state index in [4.69, 9.17) is 0 Å². The van der Waals surface area contributed by atoms with Gasteiger partial charge in [0, 0.05) is 75.3 Å². The third-order valence-corrected chi connectivity index (χ3v) is 0. The van der Waals surface area contributed by atoms with E-state index in [1.54, 1.807) is 0 Å². The molecular weight excluding hydrogens is 220 g/mol. The van der Waals surface area contributed by atoms with Crippen molar-refractivity contribution in [1.29, 1.82) is 0 Å². The third kappa shape index (κ3) is 8.89. The Hall–Kier alpha value is 3.01. The van der Waals surface area contributed by atoms with Gasteiger partial charge in [-0.05, 0) is 0 Å². The Kier molecular flexibility index (Phi) is 116. The molecule has 0 unspecified atom stereocenters. The van der Waals surface area contributed by atoms with Gasteiger partial charge in [0.1, 0.15) is 0 Å². The molecule has 0 aromatic heterocycles. The molecule has 0 N–H and O–H groups in total. The molecule has 0 aliphatic rings. The van der Waals surface area contributed by atoms with E-state index in [1.165, 1.54) is 0 Å². The van der Waals surface area contributed by atoms with Gasteiger partial charge in [0.25, 0.3) is 0 Å². The Balaban J connectivity index is 0. The molecule has 0 aliphatic heterocycles. The van der Waals surface area contributed by atoms with Gasteiger partial charge in [-0.3, -0.25) is 0 Å². The Morgan fingerprint density at radius 3 is 1.00 bits per heavy atom. The minimum atomic E-state index is 0. The first-order valence-electron chi connectivity index (χ1n) is 0. The van der Waals surface area contributed by atoms with Gasteiger partial charge in [-0.1, -0.05) is 0 Å². The second-order valence-corrected chi connectivity index (χ2v) is 0. The van der Waals surface area contributed by atoms with Crippen LogP contribution in [-0.4, -0.2) is 17.4 Å². The molecule has 0 aromatic carbocycles. The van der Waals surface area contributed by atoms with Gasteiger partial charge in [0.15, 0.2) is 17.4 Å². The van der Waals surface area contributed by atoms with E-state index in [2.05, 4.69) is 0 Å². The topological polar surface area (TPSA) is 0 Å². The van der Waals surface area contributed by atoms with Gasteiger partial charge < -0.3 is 0 Å². The van der Waals surface area contributed by atoms with Gasteiger partial charge in [-0.2, -0.15) is 0 Å². The SMILES string of the molecule is [AlH3].[Co].[Sc].[Y]. The maximum atomic E-state index is 0. The maximum absolute atomic E-state index is 0. The van der Waals surface area contributed by atoms with E-state index in [1.807, 2.05) is 0 Å². The summed E-state index contributed by atoms with van der Waals surface area (Å²) in [5.74, 6) is 0. The summed E-state index contributed by atoms with van der Waals surface area (Å²) >= 11 is 0. The van der Waals surface area contributed by atoms with Crippen molar-refractivity contribution >= 4 is 17.4 Å². The molecule has 0 bridgehead atoms. The summed E-state index contributed by atoms with van der Waals surface area (Å²) in [6.45, 7) is 0. The zero-order chi connectivity index (χ0) is 0. The van der Waals surface area contributed by atoms with Crippen molar-refractivity contribution in [3.63, 3.8) is 0 Å². The van der Waals surface area contributed by atoms with Crippen LogP contribution in [0.15, 0.2) is 0 Å². The molecule has 3 radical (unpaired) electrons. The fourth-order valence-electron chi connectivity index (χ4n) is 0. The molecule has 0 saturated heterocycles. The minimum absolute atomic E-state index is 0. The van der Waals surface area contributed by atoms with Gasteiger partial charge >= 0.3 is 0 Å². The molecule has 0 nitrogen and oxygen atoms in total. The fourth-order valence-corrected chi connectivity index (χ4v) is 0. The predicted molar refractivity (Wildman–Crippen MR) is 9.94 cm³/mol. The van der Waals surface area contributed by atoms with Crippen LogP contribution in [-0.2, 0) is 75.3 Å². The summed E-state index contributed by atoms with van der Waals surface area (Å²) in [4.78, 5) is 0. The quantitative estimate of drug-likeness (QED) is 0.453. The number of rotatable bonds is 0. The molecule has 0 spiro atoms. The van der Waals surface area contributed by atoms with Crippen molar-refractivity contribution in [3.05, 3.63) is 0 Å². The molecule has 0 amide bonds. The standard InChI is InChI=1S/Al.Co.Sc.Y.3H. The van der Waals surface area contributed by atoms with Gasteiger partial charge in [0.05, 0.1) is 0 Å².